The van der Waals surface area contributed by atoms with Crippen molar-refractivity contribution in [1.29, 1.82) is 0 Å². The maximum Gasteiger partial charge on any atom is 0.697 e. The summed E-state index contributed by atoms with van der Waals surface area (Å²) < 4.78 is 58.0. The molecule has 17 heteroatoms. The van der Waals surface area contributed by atoms with Crippen molar-refractivity contribution in [3.63, 3.8) is 0 Å². The summed E-state index contributed by atoms with van der Waals surface area (Å²) in [4.78, 5) is 54.0. The van der Waals surface area contributed by atoms with Crippen LogP contribution in [0, 0.1) is 13.8 Å². The summed E-state index contributed by atoms with van der Waals surface area (Å²) in [5.74, 6) is 1.30. The quantitative estimate of drug-likeness (QED) is 0.0855. The summed E-state index contributed by atoms with van der Waals surface area (Å²) in [5, 5.41) is 0. The molecule has 0 amide bonds. The molecule has 2 N–H and O–H groups in total. The highest BCUT2D eigenvalue weighted by molar-refractivity contribution is 7.33. The molecule has 7 rings (SSSR count). The van der Waals surface area contributed by atoms with E-state index in [0.29, 0.717) is 22.6 Å². The second kappa shape index (κ2) is 17.4. The highest BCUT2D eigenvalue weighted by atomic mass is 31.1. The number of hydrogen-bond acceptors (Lipinski definition) is 12. The second-order valence-electron chi connectivity index (χ2n) is 13.8. The standard InChI is InChI=1S/C41H41N4O12P/c1-25-21-44(39(48)42-37(25)46)35-19-18-32(55-35)23-54-58(50)57-33-20-36(45-22-26(2)38(47)43-40(45)49)56-34(33)24-53-41(27-8-6-5-7-9-27,28-10-14-30(51-3)15-11-28)29-12-16-31(52-4)17-13-29/h5-19,21-22,32-36H,20,23-24H2,1-4H3,(H-,42,43,46,47,48,49)/p+1/t32-,33-,34+,35+,36+/m0/s1. The van der Waals surface area contributed by atoms with Gasteiger partial charge in [-0.2, -0.15) is 0 Å². The third kappa shape index (κ3) is 8.43. The van der Waals surface area contributed by atoms with Gasteiger partial charge in [-0.3, -0.25) is 28.7 Å². The molecule has 1 unspecified atom stereocenters. The summed E-state index contributed by atoms with van der Waals surface area (Å²) in [5.41, 5.74) is -0.637. The number of nitrogens with zero attached hydrogens (tertiary/aromatic N) is 2. The first-order valence-corrected chi connectivity index (χ1v) is 19.5. The van der Waals surface area contributed by atoms with E-state index in [1.165, 1.54) is 21.5 Å². The molecule has 4 heterocycles. The molecule has 2 aliphatic heterocycles. The van der Waals surface area contributed by atoms with E-state index >= 15 is 0 Å². The lowest BCUT2D eigenvalue weighted by Crippen LogP contribution is -2.38. The number of hydrogen-bond donors (Lipinski definition) is 2. The molecule has 58 heavy (non-hydrogen) atoms. The largest absolute Gasteiger partial charge is 0.697 e. The Morgan fingerprint density at radius 2 is 1.28 bits per heavy atom. The number of aromatic nitrogens is 4. The monoisotopic (exact) mass is 813 g/mol. The summed E-state index contributed by atoms with van der Waals surface area (Å²) in [6, 6.07) is 24.6. The summed E-state index contributed by atoms with van der Waals surface area (Å²) in [7, 11) is 0.378. The smallest absolute Gasteiger partial charge is 0.497 e. The zero-order valence-electron chi connectivity index (χ0n) is 32.1. The van der Waals surface area contributed by atoms with Gasteiger partial charge in [0.15, 0.2) is 6.23 Å². The SMILES string of the molecule is COc1ccc(C(OC[C@H]2O[C@@H](n3cc(C)c(=O)[nH]c3=O)C[C@@H]2O[P+](=O)OC[C@@H]2C=C[C@H](n3cc(C)c(=O)[nH]c3=O)O2)(c2ccccc2)c2ccc(OC)cc2)cc1. The zero-order valence-corrected chi connectivity index (χ0v) is 33.0. The van der Waals surface area contributed by atoms with Crippen LogP contribution in [-0.4, -0.2) is 64.8 Å². The van der Waals surface area contributed by atoms with Crippen molar-refractivity contribution >= 4 is 8.25 Å². The van der Waals surface area contributed by atoms with Crippen molar-refractivity contribution in [1.82, 2.24) is 19.1 Å². The number of rotatable bonds is 15. The maximum absolute atomic E-state index is 13.5. The Morgan fingerprint density at radius 1 is 0.724 bits per heavy atom. The second-order valence-corrected chi connectivity index (χ2v) is 14.7. The predicted octanol–water partition coefficient (Wildman–Crippen LogP) is 4.53. The molecule has 0 spiro atoms. The fraction of sp³-hybridized carbons (Fsp3) is 0.317. The first-order valence-electron chi connectivity index (χ1n) is 18.4. The number of aryl methyl sites for hydroxylation is 2. The minimum atomic E-state index is -2.80. The van der Waals surface area contributed by atoms with E-state index in [1.807, 2.05) is 78.9 Å². The fourth-order valence-corrected chi connectivity index (χ4v) is 7.78. The molecule has 0 bridgehead atoms. The Balaban J connectivity index is 1.16. The van der Waals surface area contributed by atoms with E-state index in [4.69, 9.17) is 32.7 Å². The Labute approximate surface area is 332 Å². The predicted molar refractivity (Wildman–Crippen MR) is 210 cm³/mol. The summed E-state index contributed by atoms with van der Waals surface area (Å²) in [6.45, 7) is 2.82. The maximum atomic E-state index is 13.5. The Kier molecular flexibility index (Phi) is 12.1. The van der Waals surface area contributed by atoms with Gasteiger partial charge in [0.25, 0.3) is 11.1 Å². The lowest BCUT2D eigenvalue weighted by atomic mass is 9.80. The lowest BCUT2D eigenvalue weighted by molar-refractivity contribution is -0.0923. The number of nitrogens with one attached hydrogen (secondary N) is 2. The number of H-pyrrole nitrogens is 2. The van der Waals surface area contributed by atoms with E-state index in [-0.39, 0.29) is 19.6 Å². The van der Waals surface area contributed by atoms with Gasteiger partial charge in [-0.05, 0) is 60.9 Å². The van der Waals surface area contributed by atoms with Crippen LogP contribution in [0.5, 0.6) is 11.5 Å². The van der Waals surface area contributed by atoms with Gasteiger partial charge < -0.3 is 23.7 Å². The molecule has 3 aromatic carbocycles. The molecular formula is C41H42N4O12P+. The minimum Gasteiger partial charge on any atom is -0.497 e. The van der Waals surface area contributed by atoms with Crippen LogP contribution in [0.4, 0.5) is 0 Å². The van der Waals surface area contributed by atoms with Gasteiger partial charge in [-0.25, -0.2) is 9.59 Å². The summed E-state index contributed by atoms with van der Waals surface area (Å²) >= 11 is 0. The number of aromatic amines is 2. The van der Waals surface area contributed by atoms with E-state index in [1.54, 1.807) is 40.2 Å². The van der Waals surface area contributed by atoms with Crippen LogP contribution in [-0.2, 0) is 33.4 Å². The van der Waals surface area contributed by atoms with Crippen molar-refractivity contribution in [2.75, 3.05) is 27.4 Å². The summed E-state index contributed by atoms with van der Waals surface area (Å²) in [6.07, 6.45) is 1.84. The molecule has 6 atom stereocenters. The molecule has 5 aromatic rings. The highest BCUT2D eigenvalue weighted by Crippen LogP contribution is 2.44. The van der Waals surface area contributed by atoms with Gasteiger partial charge in [0.2, 0.25) is 0 Å². The Hall–Kier alpha value is -5.74. The van der Waals surface area contributed by atoms with Gasteiger partial charge in [0.05, 0.1) is 20.8 Å². The Morgan fingerprint density at radius 3 is 1.86 bits per heavy atom. The molecule has 16 nitrogen and oxygen atoms in total. The van der Waals surface area contributed by atoms with E-state index in [0.717, 1.165) is 16.7 Å². The molecule has 0 aliphatic carbocycles. The van der Waals surface area contributed by atoms with Gasteiger partial charge in [0, 0.05) is 34.5 Å². The van der Waals surface area contributed by atoms with Crippen LogP contribution < -0.4 is 32.0 Å². The minimum absolute atomic E-state index is 0.0453. The van der Waals surface area contributed by atoms with Crippen molar-refractivity contribution in [2.45, 2.75) is 56.6 Å². The van der Waals surface area contributed by atoms with E-state index in [9.17, 15) is 23.7 Å². The highest BCUT2D eigenvalue weighted by Gasteiger charge is 2.47. The fourth-order valence-electron chi connectivity index (χ4n) is 7.01. The average molecular weight is 814 g/mol. The molecule has 1 saturated heterocycles. The number of ether oxygens (including phenoxy) is 5. The van der Waals surface area contributed by atoms with Gasteiger partial charge in [-0.15, -0.1) is 9.05 Å². The van der Waals surface area contributed by atoms with Crippen molar-refractivity contribution in [3.8, 4) is 11.5 Å². The third-order valence-electron chi connectivity index (χ3n) is 10.1. The molecular weight excluding hydrogens is 771 g/mol. The van der Waals surface area contributed by atoms with Crippen LogP contribution in [0.3, 0.4) is 0 Å². The Bertz CT molecular complexity index is 2470. The lowest BCUT2D eigenvalue weighted by Gasteiger charge is -2.37. The van der Waals surface area contributed by atoms with Crippen LogP contribution >= 0.6 is 8.25 Å². The van der Waals surface area contributed by atoms with Crippen molar-refractivity contribution in [3.05, 3.63) is 173 Å². The molecule has 302 valence electrons. The first-order chi connectivity index (χ1) is 28.0. The van der Waals surface area contributed by atoms with Gasteiger partial charge in [0.1, 0.15) is 48.2 Å². The normalized spacial score (nSPS) is 20.6. The zero-order chi connectivity index (χ0) is 41.0. The van der Waals surface area contributed by atoms with Crippen LogP contribution in [0.2, 0.25) is 0 Å². The van der Waals surface area contributed by atoms with Gasteiger partial charge in [-0.1, -0.05) is 60.7 Å². The topological polar surface area (TPSA) is 191 Å². The molecule has 1 fully saturated rings. The van der Waals surface area contributed by atoms with Crippen LogP contribution in [0.15, 0.2) is 123 Å². The first kappa shape index (κ1) is 40.5. The molecule has 2 aliphatic rings. The molecule has 0 saturated carbocycles. The van der Waals surface area contributed by atoms with Crippen molar-refractivity contribution in [2.24, 2.45) is 0 Å². The van der Waals surface area contributed by atoms with E-state index in [2.05, 4.69) is 9.97 Å². The van der Waals surface area contributed by atoms with Crippen molar-refractivity contribution < 1.29 is 37.3 Å². The van der Waals surface area contributed by atoms with Crippen LogP contribution in [0.25, 0.3) is 0 Å². The molecule has 2 aromatic heterocycles. The molecule has 0 radical (unpaired) electrons. The average Bonchev–Trinajstić information content (AvgIpc) is 3.88. The number of benzene rings is 3. The van der Waals surface area contributed by atoms with Crippen LogP contribution in [0.1, 0.15) is 46.7 Å². The third-order valence-corrected chi connectivity index (χ3v) is 10.9. The van der Waals surface area contributed by atoms with Gasteiger partial charge >= 0.3 is 19.6 Å². The number of methoxy groups -OCH3 is 2. The van der Waals surface area contributed by atoms with E-state index < -0.39 is 67.1 Å².